The molecule has 0 aromatic heterocycles. The summed E-state index contributed by atoms with van der Waals surface area (Å²) in [4.78, 5) is 0. The molecule has 0 saturated carbocycles. The van der Waals surface area contributed by atoms with Gasteiger partial charge in [0.2, 0.25) is 0 Å². The molecular formula is C56H48. The van der Waals surface area contributed by atoms with Crippen LogP contribution in [-0.4, -0.2) is 0 Å². The second-order valence-electron chi connectivity index (χ2n) is 14.9. The quantitative estimate of drug-likeness (QED) is 0.0981. The van der Waals surface area contributed by atoms with Crippen LogP contribution >= 0.6 is 0 Å². The lowest BCUT2D eigenvalue weighted by atomic mass is 9.85. The molecule has 56 heavy (non-hydrogen) atoms. The molecule has 8 aromatic rings. The smallest absolute Gasteiger partial charge is 0.00810 e. The lowest BCUT2D eigenvalue weighted by Crippen LogP contribution is -2.07. The van der Waals surface area contributed by atoms with Gasteiger partial charge in [-0.3, -0.25) is 0 Å². The fraction of sp³-hybridized carbons (Fsp3) is 0.107. The van der Waals surface area contributed by atoms with Gasteiger partial charge in [0.05, 0.1) is 0 Å². The molecule has 0 aliphatic heterocycles. The van der Waals surface area contributed by atoms with Crippen LogP contribution in [0.15, 0.2) is 212 Å². The number of hydrogen-bond acceptors (Lipinski definition) is 0. The zero-order valence-corrected chi connectivity index (χ0v) is 32.0. The maximum atomic E-state index is 2.33. The molecule has 0 saturated heterocycles. The Bertz CT molecular complexity index is 2400. The summed E-state index contributed by atoms with van der Waals surface area (Å²) in [5.41, 5.74) is 16.9. The monoisotopic (exact) mass is 720 g/mol. The molecule has 272 valence electrons. The van der Waals surface area contributed by atoms with Gasteiger partial charge in [-0.15, -0.1) is 0 Å². The highest BCUT2D eigenvalue weighted by molar-refractivity contribution is 5.70. The molecule has 0 amide bonds. The summed E-state index contributed by atoms with van der Waals surface area (Å²) < 4.78 is 0. The van der Waals surface area contributed by atoms with Crippen molar-refractivity contribution in [2.75, 3.05) is 0 Å². The van der Waals surface area contributed by atoms with Crippen LogP contribution in [-0.2, 0) is 25.7 Å². The van der Waals surface area contributed by atoms with E-state index in [-0.39, 0.29) is 0 Å². The van der Waals surface area contributed by atoms with Gasteiger partial charge in [0, 0.05) is 0 Å². The zero-order chi connectivity index (χ0) is 37.8. The summed E-state index contributed by atoms with van der Waals surface area (Å²) in [7, 11) is 0. The molecule has 1 atom stereocenters. The van der Waals surface area contributed by atoms with E-state index in [2.05, 4.69) is 224 Å². The van der Waals surface area contributed by atoms with Crippen molar-refractivity contribution in [1.82, 2.24) is 0 Å². The minimum atomic E-state index is 0.363. The molecule has 0 heteroatoms. The van der Waals surface area contributed by atoms with Crippen molar-refractivity contribution in [3.8, 4) is 33.4 Å². The Morgan fingerprint density at radius 1 is 0.286 bits per heavy atom. The third kappa shape index (κ3) is 9.78. The van der Waals surface area contributed by atoms with Crippen LogP contribution in [0.4, 0.5) is 0 Å². The largest absolute Gasteiger partial charge is 0.0622 e. The second kappa shape index (κ2) is 18.2. The molecule has 0 N–H and O–H groups in total. The average molecular weight is 721 g/mol. The van der Waals surface area contributed by atoms with Crippen molar-refractivity contribution in [3.63, 3.8) is 0 Å². The van der Waals surface area contributed by atoms with E-state index >= 15 is 0 Å². The predicted molar refractivity (Wildman–Crippen MR) is 240 cm³/mol. The molecule has 0 aliphatic carbocycles. The summed E-state index contributed by atoms with van der Waals surface area (Å²) in [6, 6.07) is 77.5. The van der Waals surface area contributed by atoms with Crippen molar-refractivity contribution in [2.24, 2.45) is 0 Å². The maximum absolute atomic E-state index is 2.33. The molecule has 0 nitrogen and oxygen atoms in total. The first-order chi connectivity index (χ1) is 27.7. The van der Waals surface area contributed by atoms with Crippen LogP contribution in [0, 0.1) is 0 Å². The highest BCUT2D eigenvalue weighted by Gasteiger charge is 2.15. The van der Waals surface area contributed by atoms with Crippen molar-refractivity contribution >= 4 is 12.2 Å². The van der Waals surface area contributed by atoms with Gasteiger partial charge in [-0.2, -0.15) is 0 Å². The van der Waals surface area contributed by atoms with Crippen molar-refractivity contribution in [3.05, 3.63) is 251 Å². The predicted octanol–water partition coefficient (Wildman–Crippen LogP) is 14.6. The van der Waals surface area contributed by atoms with E-state index in [1.165, 1.54) is 72.3 Å². The number of aryl methyl sites for hydroxylation is 2. The van der Waals surface area contributed by atoms with Gasteiger partial charge in [0.1, 0.15) is 0 Å². The van der Waals surface area contributed by atoms with E-state index in [1.807, 2.05) is 0 Å². The van der Waals surface area contributed by atoms with Crippen LogP contribution in [0.5, 0.6) is 0 Å². The third-order valence-electron chi connectivity index (χ3n) is 10.9. The fourth-order valence-corrected chi connectivity index (χ4v) is 7.66. The first-order valence-electron chi connectivity index (χ1n) is 20.0. The van der Waals surface area contributed by atoms with Gasteiger partial charge < -0.3 is 0 Å². The van der Waals surface area contributed by atoms with E-state index < -0.39 is 0 Å². The van der Waals surface area contributed by atoms with E-state index in [1.54, 1.807) is 0 Å². The molecular weight excluding hydrogens is 673 g/mol. The summed E-state index contributed by atoms with van der Waals surface area (Å²) in [5.74, 6) is 0.363. The standard InChI is InChI=1S/C56H48/c1-4-13-49(14-5-1)52-33-29-44(30-34-52)12-10-11-43-19-21-45(22-20-43)23-24-46-25-27-47(28-26-46)41-56(55-39-37-54(38-40-55)51-17-8-3-9-18-51)42-48-31-35-53(36-32-48)50-15-6-2-7-16-50/h1-9,13-40,56H,10-12,41-42H2/b24-23+. The Morgan fingerprint density at radius 2 is 0.589 bits per heavy atom. The fourth-order valence-electron chi connectivity index (χ4n) is 7.66. The Kier molecular flexibility index (Phi) is 11.9. The zero-order valence-electron chi connectivity index (χ0n) is 32.0. The van der Waals surface area contributed by atoms with Crippen LogP contribution in [0.2, 0.25) is 0 Å². The van der Waals surface area contributed by atoms with Gasteiger partial charge in [0.15, 0.2) is 0 Å². The summed E-state index contributed by atoms with van der Waals surface area (Å²) >= 11 is 0. The number of hydrogen-bond donors (Lipinski definition) is 0. The molecule has 8 rings (SSSR count). The maximum Gasteiger partial charge on any atom is -0.00810 e. The highest BCUT2D eigenvalue weighted by Crippen LogP contribution is 2.30. The summed E-state index contributed by atoms with van der Waals surface area (Å²) in [6.45, 7) is 0. The molecule has 0 aliphatic rings. The SMILES string of the molecule is C(=C\c1ccc(CC(Cc2ccc(-c3ccccc3)cc2)c2ccc(-c3ccccc3)cc2)cc1)/c1ccc(CCCc2ccc(-c3ccccc3)cc2)cc1. The van der Waals surface area contributed by atoms with E-state index in [4.69, 9.17) is 0 Å². The summed E-state index contributed by atoms with van der Waals surface area (Å²) in [5, 5.41) is 0. The molecule has 8 aromatic carbocycles. The molecule has 0 bridgehead atoms. The molecule has 0 radical (unpaired) electrons. The number of rotatable bonds is 14. The Labute approximate surface area is 333 Å². The van der Waals surface area contributed by atoms with Gasteiger partial charge in [-0.1, -0.05) is 224 Å². The Hall–Kier alpha value is -6.50. The van der Waals surface area contributed by atoms with Crippen molar-refractivity contribution in [2.45, 2.75) is 38.0 Å². The minimum absolute atomic E-state index is 0.363. The first kappa shape index (κ1) is 36.5. The molecule has 1 unspecified atom stereocenters. The molecule has 0 heterocycles. The first-order valence-corrected chi connectivity index (χ1v) is 20.0. The van der Waals surface area contributed by atoms with Crippen LogP contribution in [0.1, 0.15) is 51.3 Å². The van der Waals surface area contributed by atoms with E-state index in [0.29, 0.717) is 5.92 Å². The Morgan fingerprint density at radius 3 is 0.982 bits per heavy atom. The summed E-state index contributed by atoms with van der Waals surface area (Å²) in [6.07, 6.45) is 9.75. The van der Waals surface area contributed by atoms with Crippen LogP contribution in [0.25, 0.3) is 45.5 Å². The van der Waals surface area contributed by atoms with Gasteiger partial charge >= 0.3 is 0 Å². The van der Waals surface area contributed by atoms with Gasteiger partial charge in [-0.05, 0) is 110 Å². The highest BCUT2D eigenvalue weighted by atomic mass is 14.2. The van der Waals surface area contributed by atoms with E-state index in [9.17, 15) is 0 Å². The Balaban J connectivity index is 0.886. The molecule has 0 spiro atoms. The average Bonchev–Trinajstić information content (AvgIpc) is 3.28. The van der Waals surface area contributed by atoms with Gasteiger partial charge in [-0.25, -0.2) is 0 Å². The third-order valence-corrected chi connectivity index (χ3v) is 10.9. The second-order valence-corrected chi connectivity index (χ2v) is 14.9. The van der Waals surface area contributed by atoms with Crippen molar-refractivity contribution in [1.29, 1.82) is 0 Å². The van der Waals surface area contributed by atoms with Gasteiger partial charge in [0.25, 0.3) is 0 Å². The normalized spacial score (nSPS) is 11.8. The molecule has 0 fully saturated rings. The van der Waals surface area contributed by atoms with Crippen LogP contribution < -0.4 is 0 Å². The van der Waals surface area contributed by atoms with Crippen molar-refractivity contribution < 1.29 is 0 Å². The lowest BCUT2D eigenvalue weighted by Gasteiger charge is -2.19. The topological polar surface area (TPSA) is 0 Å². The minimum Gasteiger partial charge on any atom is -0.0622 e. The number of benzene rings is 8. The lowest BCUT2D eigenvalue weighted by molar-refractivity contribution is 0.680. The van der Waals surface area contributed by atoms with E-state index in [0.717, 1.165) is 32.1 Å². The van der Waals surface area contributed by atoms with Crippen LogP contribution in [0.3, 0.4) is 0 Å².